The zero-order valence-corrected chi connectivity index (χ0v) is 17.1. The molecule has 0 aliphatic carbocycles. The van der Waals surface area contributed by atoms with E-state index in [1.807, 2.05) is 29.2 Å². The Morgan fingerprint density at radius 1 is 1.04 bits per heavy atom. The summed E-state index contributed by atoms with van der Waals surface area (Å²) in [7, 11) is -1.27. The van der Waals surface area contributed by atoms with E-state index in [1.165, 1.54) is 5.41 Å². The average molecular weight is 423 g/mol. The van der Waals surface area contributed by atoms with Crippen molar-refractivity contribution in [2.75, 3.05) is 38.2 Å². The molecule has 8 heteroatoms. The molecule has 2 heterocycles. The predicted octanol–water partition coefficient (Wildman–Crippen LogP) is 4.17. The topological polar surface area (TPSA) is 73.2 Å². The highest BCUT2D eigenvalue weighted by Gasteiger charge is 2.29. The molecule has 2 aliphatic heterocycles. The van der Waals surface area contributed by atoms with E-state index in [0.29, 0.717) is 29.1 Å². The minimum absolute atomic E-state index is 0. The first-order valence-electron chi connectivity index (χ1n) is 8.77. The summed E-state index contributed by atoms with van der Waals surface area (Å²) in [6, 6.07) is 13.0. The van der Waals surface area contributed by atoms with Crippen LogP contribution in [0.5, 0.6) is 5.75 Å². The third-order valence-electron chi connectivity index (χ3n) is 5.05. The summed E-state index contributed by atoms with van der Waals surface area (Å²) >= 11 is 0. The van der Waals surface area contributed by atoms with Gasteiger partial charge in [0.05, 0.1) is 12.0 Å². The van der Waals surface area contributed by atoms with Gasteiger partial charge in [0.25, 0.3) is 5.91 Å². The highest BCUT2D eigenvalue weighted by molar-refractivity contribution is 8.27. The fourth-order valence-electron chi connectivity index (χ4n) is 3.53. The smallest absolute Gasteiger partial charge is 0.254 e. The van der Waals surface area contributed by atoms with Crippen LogP contribution < -0.4 is 9.64 Å². The van der Waals surface area contributed by atoms with E-state index in [2.05, 4.69) is 4.90 Å². The first kappa shape index (κ1) is 20.5. The Labute approximate surface area is 172 Å². The monoisotopic (exact) mass is 422 g/mol. The number of hydrogen-bond donors (Lipinski definition) is 2. The maximum Gasteiger partial charge on any atom is 0.254 e. The number of piperazine rings is 1. The van der Waals surface area contributed by atoms with Gasteiger partial charge < -0.3 is 14.5 Å². The van der Waals surface area contributed by atoms with Crippen molar-refractivity contribution in [2.24, 2.45) is 0 Å². The molecule has 0 bridgehead atoms. The molecule has 1 amide bonds. The molecule has 0 atom stereocenters. The maximum absolute atomic E-state index is 13.0. The molecule has 0 radical (unpaired) electrons. The van der Waals surface area contributed by atoms with E-state index in [1.54, 1.807) is 31.4 Å². The predicted molar refractivity (Wildman–Crippen MR) is 115 cm³/mol. The lowest BCUT2D eigenvalue weighted by Crippen LogP contribution is -2.48. The van der Waals surface area contributed by atoms with Crippen LogP contribution in [0.25, 0.3) is 6.08 Å². The summed E-state index contributed by atoms with van der Waals surface area (Å²) in [6.45, 7) is 2.74. The van der Waals surface area contributed by atoms with Crippen LogP contribution in [0.4, 0.5) is 5.69 Å². The van der Waals surface area contributed by atoms with E-state index in [9.17, 15) is 13.9 Å². The van der Waals surface area contributed by atoms with Gasteiger partial charge in [-0.15, -0.1) is 23.0 Å². The molecule has 2 aliphatic rings. The van der Waals surface area contributed by atoms with Gasteiger partial charge in [-0.3, -0.25) is 13.9 Å². The van der Waals surface area contributed by atoms with Crippen LogP contribution in [0.1, 0.15) is 15.9 Å². The standard InChI is InChI=1S/C20H22N2O4S.ClH/c1-26-16-7-5-15(6-8-16)21-10-12-22(13-11-21)20(23)18-3-2-4-19-17(18)9-14-27(19,24)25;/h2-9,14,24-25H,10-13H2,1H3;1H. The Bertz CT molecular complexity index is 894. The lowest BCUT2D eigenvalue weighted by Gasteiger charge is -2.36. The number of hydrogen-bond acceptors (Lipinski definition) is 5. The van der Waals surface area contributed by atoms with Gasteiger partial charge in [-0.25, -0.2) is 0 Å². The number of carbonyl (C=O) groups is 1. The van der Waals surface area contributed by atoms with Gasteiger partial charge in [-0.1, -0.05) is 6.07 Å². The first-order valence-corrected chi connectivity index (χ1v) is 10.4. The lowest BCUT2D eigenvalue weighted by atomic mass is 10.1. The number of amides is 1. The van der Waals surface area contributed by atoms with Crippen molar-refractivity contribution in [3.8, 4) is 5.75 Å². The van der Waals surface area contributed by atoms with Crippen LogP contribution in [0.2, 0.25) is 0 Å². The van der Waals surface area contributed by atoms with Gasteiger partial charge in [0.15, 0.2) is 0 Å². The Hall–Kier alpha value is -2.19. The van der Waals surface area contributed by atoms with Crippen molar-refractivity contribution in [1.29, 1.82) is 0 Å². The largest absolute Gasteiger partial charge is 0.497 e. The zero-order valence-electron chi connectivity index (χ0n) is 15.4. The minimum Gasteiger partial charge on any atom is -0.497 e. The molecule has 4 rings (SSSR count). The maximum atomic E-state index is 13.0. The number of rotatable bonds is 3. The molecular weight excluding hydrogens is 400 g/mol. The van der Waals surface area contributed by atoms with Crippen LogP contribution >= 0.6 is 23.0 Å². The van der Waals surface area contributed by atoms with Gasteiger partial charge >= 0.3 is 0 Å². The Kier molecular flexibility index (Phi) is 5.90. The van der Waals surface area contributed by atoms with Crippen molar-refractivity contribution in [1.82, 2.24) is 4.90 Å². The average Bonchev–Trinajstić information content (AvgIpc) is 3.03. The molecule has 0 spiro atoms. The summed E-state index contributed by atoms with van der Waals surface area (Å²) < 4.78 is 25.3. The van der Waals surface area contributed by atoms with Gasteiger partial charge in [0.1, 0.15) is 5.75 Å². The van der Waals surface area contributed by atoms with E-state index in [-0.39, 0.29) is 18.3 Å². The van der Waals surface area contributed by atoms with Crippen molar-refractivity contribution >= 4 is 40.7 Å². The molecule has 0 aromatic heterocycles. The normalized spacial score (nSPS) is 18.2. The number of anilines is 1. The van der Waals surface area contributed by atoms with Gasteiger partial charge in [-0.05, 0) is 42.5 Å². The molecule has 2 aromatic rings. The molecule has 1 saturated heterocycles. The fourth-order valence-corrected chi connectivity index (χ4v) is 4.78. The summed E-state index contributed by atoms with van der Waals surface area (Å²) in [5.41, 5.74) is 2.26. The van der Waals surface area contributed by atoms with Crippen molar-refractivity contribution < 1.29 is 18.6 Å². The Morgan fingerprint density at radius 2 is 1.71 bits per heavy atom. The number of methoxy groups -OCH3 is 1. The number of nitrogens with zero attached hydrogens (tertiary/aromatic N) is 2. The second-order valence-corrected chi connectivity index (χ2v) is 8.49. The zero-order chi connectivity index (χ0) is 19.0. The van der Waals surface area contributed by atoms with E-state index in [0.717, 1.165) is 24.5 Å². The molecular formula is C20H23ClN2O4S. The van der Waals surface area contributed by atoms with Crippen LogP contribution in [0.15, 0.2) is 52.8 Å². The van der Waals surface area contributed by atoms with E-state index >= 15 is 0 Å². The van der Waals surface area contributed by atoms with Gasteiger partial charge in [0, 0.05) is 48.4 Å². The SMILES string of the molecule is COc1ccc(N2CCN(C(=O)c3cccc4c3C=CS4(O)O)CC2)cc1.Cl. The highest BCUT2D eigenvalue weighted by atomic mass is 35.5. The number of halogens is 1. The fraction of sp³-hybridized carbons (Fsp3) is 0.250. The highest BCUT2D eigenvalue weighted by Crippen LogP contribution is 2.56. The number of carbonyl (C=O) groups excluding carboxylic acids is 1. The molecule has 0 unspecified atom stereocenters. The molecule has 28 heavy (non-hydrogen) atoms. The van der Waals surface area contributed by atoms with Gasteiger partial charge in [-0.2, -0.15) is 0 Å². The van der Waals surface area contributed by atoms with Crippen molar-refractivity contribution in [2.45, 2.75) is 4.90 Å². The lowest BCUT2D eigenvalue weighted by molar-refractivity contribution is 0.0746. The number of benzene rings is 2. The third-order valence-corrected chi connectivity index (χ3v) is 6.57. The summed E-state index contributed by atoms with van der Waals surface area (Å²) in [4.78, 5) is 17.5. The molecule has 1 fully saturated rings. The molecule has 2 aromatic carbocycles. The Balaban J connectivity index is 0.00000225. The minimum atomic E-state index is -2.91. The van der Waals surface area contributed by atoms with E-state index < -0.39 is 10.6 Å². The molecule has 2 N–H and O–H groups in total. The quantitative estimate of drug-likeness (QED) is 0.776. The molecule has 0 saturated carbocycles. The summed E-state index contributed by atoms with van der Waals surface area (Å²) in [5, 5.41) is 1.38. The molecule has 6 nitrogen and oxygen atoms in total. The summed E-state index contributed by atoms with van der Waals surface area (Å²) in [6.07, 6.45) is 1.64. The third kappa shape index (κ3) is 3.71. The van der Waals surface area contributed by atoms with Crippen LogP contribution in [0.3, 0.4) is 0 Å². The van der Waals surface area contributed by atoms with E-state index in [4.69, 9.17) is 4.74 Å². The van der Waals surface area contributed by atoms with Crippen molar-refractivity contribution in [3.05, 3.63) is 59.0 Å². The Morgan fingerprint density at radius 3 is 2.36 bits per heavy atom. The summed E-state index contributed by atoms with van der Waals surface area (Å²) in [5.74, 6) is 0.757. The first-order chi connectivity index (χ1) is 13.0. The van der Waals surface area contributed by atoms with Crippen LogP contribution in [-0.4, -0.2) is 53.2 Å². The second kappa shape index (κ2) is 8.05. The van der Waals surface area contributed by atoms with Crippen LogP contribution in [-0.2, 0) is 0 Å². The van der Waals surface area contributed by atoms with Crippen LogP contribution in [0, 0.1) is 0 Å². The second-order valence-electron chi connectivity index (χ2n) is 6.59. The van der Waals surface area contributed by atoms with Crippen molar-refractivity contribution in [3.63, 3.8) is 0 Å². The molecule has 150 valence electrons. The number of fused-ring (bicyclic) bond motifs is 1. The van der Waals surface area contributed by atoms with Gasteiger partial charge in [0.2, 0.25) is 0 Å². The number of ether oxygens (including phenoxy) is 1.